The van der Waals surface area contributed by atoms with E-state index in [0.29, 0.717) is 37.3 Å². The van der Waals surface area contributed by atoms with E-state index >= 15 is 0 Å². The Morgan fingerprint density at radius 1 is 1.12 bits per heavy atom. The lowest BCUT2D eigenvalue weighted by atomic mass is 10.2. The van der Waals surface area contributed by atoms with Crippen molar-refractivity contribution >= 4 is 21.6 Å². The Morgan fingerprint density at radius 2 is 1.73 bits per heavy atom. The van der Waals surface area contributed by atoms with Gasteiger partial charge < -0.3 is 10.2 Å². The van der Waals surface area contributed by atoms with E-state index in [2.05, 4.69) is 37.9 Å². The van der Waals surface area contributed by atoms with Crippen molar-refractivity contribution in [3.05, 3.63) is 30.3 Å². The molecule has 1 N–H and O–H groups in total. The average molecular weight is 382 g/mol. The molecule has 1 unspecified atom stereocenters. The van der Waals surface area contributed by atoms with Gasteiger partial charge >= 0.3 is 6.03 Å². The fourth-order valence-corrected chi connectivity index (χ4v) is 5.25. The maximum Gasteiger partial charge on any atom is 0.322 e. The number of carbonyl (C=O) groups excluding carboxylic acids is 1. The van der Waals surface area contributed by atoms with Crippen molar-refractivity contribution in [1.82, 2.24) is 9.80 Å². The van der Waals surface area contributed by atoms with Crippen LogP contribution >= 0.6 is 0 Å². The second kappa shape index (κ2) is 8.86. The predicted octanol–water partition coefficient (Wildman–Crippen LogP) is 2.83. The van der Waals surface area contributed by atoms with Gasteiger partial charge in [0.15, 0.2) is 9.84 Å². The number of sulfone groups is 1. The molecule has 0 bridgehead atoms. The molecule has 1 aliphatic rings. The van der Waals surface area contributed by atoms with Crippen molar-refractivity contribution < 1.29 is 13.2 Å². The number of nitrogens with zero attached hydrogens (tertiary/aromatic N) is 2. The Balaban J connectivity index is 2.12. The van der Waals surface area contributed by atoms with Gasteiger partial charge in [-0.25, -0.2) is 13.2 Å². The van der Waals surface area contributed by atoms with Gasteiger partial charge in [0, 0.05) is 36.9 Å². The molecule has 6 nitrogen and oxygen atoms in total. The number of urea groups is 1. The molecule has 7 heteroatoms. The summed E-state index contributed by atoms with van der Waals surface area (Å²) in [5.74, 6) is 0.212. The molecule has 26 heavy (non-hydrogen) atoms. The highest BCUT2D eigenvalue weighted by atomic mass is 32.2. The van der Waals surface area contributed by atoms with Crippen LogP contribution in [-0.4, -0.2) is 67.0 Å². The quantitative estimate of drug-likeness (QED) is 0.788. The van der Waals surface area contributed by atoms with Gasteiger partial charge in [-0.05, 0) is 46.2 Å². The van der Waals surface area contributed by atoms with Gasteiger partial charge in [-0.1, -0.05) is 18.2 Å². The van der Waals surface area contributed by atoms with Gasteiger partial charge in [-0.2, -0.15) is 0 Å². The van der Waals surface area contributed by atoms with Crippen LogP contribution in [0.4, 0.5) is 10.5 Å². The summed E-state index contributed by atoms with van der Waals surface area (Å²) in [6.07, 6.45) is 0.508. The van der Waals surface area contributed by atoms with Crippen LogP contribution in [0.15, 0.2) is 30.3 Å². The van der Waals surface area contributed by atoms with E-state index in [-0.39, 0.29) is 23.6 Å². The molecule has 0 aliphatic carbocycles. The summed E-state index contributed by atoms with van der Waals surface area (Å²) in [6, 6.07) is 9.50. The maximum atomic E-state index is 12.9. The Labute approximate surface area is 157 Å². The molecule has 0 radical (unpaired) electrons. The van der Waals surface area contributed by atoms with Crippen molar-refractivity contribution in [3.63, 3.8) is 0 Å². The highest BCUT2D eigenvalue weighted by Crippen LogP contribution is 2.20. The van der Waals surface area contributed by atoms with Crippen molar-refractivity contribution in [1.29, 1.82) is 0 Å². The standard InChI is InChI=1S/C19H31N3O3S/c1-15(2)21(16(3)4)11-12-22(18-10-13-26(24,25)14-18)19(23)20-17-8-6-5-7-9-17/h5-9,15-16,18H,10-14H2,1-4H3,(H,20,23). The van der Waals surface area contributed by atoms with Gasteiger partial charge in [0.05, 0.1) is 11.5 Å². The molecule has 1 saturated heterocycles. The summed E-state index contributed by atoms with van der Waals surface area (Å²) in [7, 11) is -3.05. The number of hydrogen-bond donors (Lipinski definition) is 1. The van der Waals surface area contributed by atoms with Gasteiger partial charge in [0.25, 0.3) is 0 Å². The topological polar surface area (TPSA) is 69.7 Å². The van der Waals surface area contributed by atoms with Gasteiger partial charge in [-0.3, -0.25) is 4.90 Å². The lowest BCUT2D eigenvalue weighted by Crippen LogP contribution is -2.49. The molecule has 1 aliphatic heterocycles. The molecule has 2 amide bonds. The number of para-hydroxylation sites is 1. The maximum absolute atomic E-state index is 12.9. The molecular formula is C19H31N3O3S. The van der Waals surface area contributed by atoms with E-state index in [1.54, 1.807) is 4.90 Å². The minimum Gasteiger partial charge on any atom is -0.319 e. The molecule has 1 heterocycles. The molecule has 1 aromatic carbocycles. The van der Waals surface area contributed by atoms with Crippen molar-refractivity contribution in [2.75, 3.05) is 29.9 Å². The number of nitrogens with one attached hydrogen (secondary N) is 1. The Morgan fingerprint density at radius 3 is 2.23 bits per heavy atom. The van der Waals surface area contributed by atoms with Crippen LogP contribution in [-0.2, 0) is 9.84 Å². The molecule has 1 fully saturated rings. The summed E-state index contributed by atoms with van der Waals surface area (Å²) < 4.78 is 23.8. The first-order valence-corrected chi connectivity index (χ1v) is 11.1. The number of carbonyl (C=O) groups is 1. The van der Waals surface area contributed by atoms with E-state index in [9.17, 15) is 13.2 Å². The van der Waals surface area contributed by atoms with E-state index in [4.69, 9.17) is 0 Å². The van der Waals surface area contributed by atoms with Crippen LogP contribution in [0.5, 0.6) is 0 Å². The van der Waals surface area contributed by atoms with Crippen LogP contribution in [0.3, 0.4) is 0 Å². The summed E-state index contributed by atoms with van der Waals surface area (Å²) in [5.41, 5.74) is 0.716. The summed E-state index contributed by atoms with van der Waals surface area (Å²) >= 11 is 0. The monoisotopic (exact) mass is 381 g/mol. The van der Waals surface area contributed by atoms with Crippen molar-refractivity contribution in [2.45, 2.75) is 52.2 Å². The highest BCUT2D eigenvalue weighted by Gasteiger charge is 2.35. The molecule has 1 aromatic rings. The van der Waals surface area contributed by atoms with Gasteiger partial charge in [0.1, 0.15) is 0 Å². The Kier molecular flexibility index (Phi) is 7.06. The minimum absolute atomic E-state index is 0.0541. The third-order valence-electron chi connectivity index (χ3n) is 4.86. The first-order chi connectivity index (χ1) is 12.2. The molecule has 0 aromatic heterocycles. The number of hydrogen-bond acceptors (Lipinski definition) is 4. The van der Waals surface area contributed by atoms with E-state index in [0.717, 1.165) is 0 Å². The minimum atomic E-state index is -3.05. The third-order valence-corrected chi connectivity index (χ3v) is 6.61. The van der Waals surface area contributed by atoms with Crippen molar-refractivity contribution in [3.8, 4) is 0 Å². The van der Waals surface area contributed by atoms with Gasteiger partial charge in [0.2, 0.25) is 0 Å². The van der Waals surface area contributed by atoms with Crippen LogP contribution in [0.2, 0.25) is 0 Å². The molecule has 1 atom stereocenters. The fourth-order valence-electron chi connectivity index (χ4n) is 3.52. The number of anilines is 1. The molecule has 0 spiro atoms. The lowest BCUT2D eigenvalue weighted by molar-refractivity contribution is 0.138. The predicted molar refractivity (Wildman–Crippen MR) is 106 cm³/mol. The zero-order valence-corrected chi connectivity index (χ0v) is 17.0. The molecular weight excluding hydrogens is 350 g/mol. The number of amides is 2. The molecule has 0 saturated carbocycles. The average Bonchev–Trinajstić information content (AvgIpc) is 2.91. The fraction of sp³-hybridized carbons (Fsp3) is 0.632. The zero-order valence-electron chi connectivity index (χ0n) is 16.2. The smallest absolute Gasteiger partial charge is 0.319 e. The van der Waals surface area contributed by atoms with E-state index in [1.165, 1.54) is 0 Å². The third kappa shape index (κ3) is 5.71. The Hall–Kier alpha value is -1.60. The summed E-state index contributed by atoms with van der Waals surface area (Å²) in [5, 5.41) is 2.90. The largest absolute Gasteiger partial charge is 0.322 e. The zero-order chi connectivity index (χ0) is 19.3. The SMILES string of the molecule is CC(C)N(CCN(C(=O)Nc1ccccc1)C1CCS(=O)(=O)C1)C(C)C. The van der Waals surface area contributed by atoms with E-state index in [1.807, 2.05) is 30.3 Å². The van der Waals surface area contributed by atoms with E-state index < -0.39 is 9.84 Å². The first-order valence-electron chi connectivity index (χ1n) is 9.28. The molecule has 146 valence electrons. The Bertz CT molecular complexity index is 681. The highest BCUT2D eigenvalue weighted by molar-refractivity contribution is 7.91. The first kappa shape index (κ1) is 20.7. The number of benzene rings is 1. The normalized spacial score (nSPS) is 19.3. The van der Waals surface area contributed by atoms with Crippen LogP contribution < -0.4 is 5.32 Å². The lowest BCUT2D eigenvalue weighted by Gasteiger charge is -2.35. The second-order valence-corrected chi connectivity index (χ2v) is 9.70. The van der Waals surface area contributed by atoms with Gasteiger partial charge in [-0.15, -0.1) is 0 Å². The summed E-state index contributed by atoms with van der Waals surface area (Å²) in [4.78, 5) is 16.9. The van der Waals surface area contributed by atoms with Crippen LogP contribution in [0.1, 0.15) is 34.1 Å². The second-order valence-electron chi connectivity index (χ2n) is 7.47. The summed E-state index contributed by atoms with van der Waals surface area (Å²) in [6.45, 7) is 9.76. The molecule has 2 rings (SSSR count). The number of rotatable bonds is 7. The van der Waals surface area contributed by atoms with Crippen LogP contribution in [0, 0.1) is 0 Å². The van der Waals surface area contributed by atoms with Crippen molar-refractivity contribution in [2.24, 2.45) is 0 Å². The van der Waals surface area contributed by atoms with Crippen LogP contribution in [0.25, 0.3) is 0 Å².